The van der Waals surface area contributed by atoms with Gasteiger partial charge < -0.3 is 20.1 Å². The third-order valence-corrected chi connectivity index (χ3v) is 2.08. The predicted octanol–water partition coefficient (Wildman–Crippen LogP) is 1.09. The zero-order chi connectivity index (χ0) is 15.9. The van der Waals surface area contributed by atoms with Crippen molar-refractivity contribution >= 4 is 18.0 Å². The van der Waals surface area contributed by atoms with E-state index in [0.29, 0.717) is 0 Å². The second-order valence-corrected chi connectivity index (χ2v) is 5.05. The Morgan fingerprint density at radius 1 is 1.20 bits per heavy atom. The maximum Gasteiger partial charge on any atom is 0.408 e. The van der Waals surface area contributed by atoms with Crippen LogP contribution in [0, 0.1) is 0 Å². The van der Waals surface area contributed by atoms with Crippen molar-refractivity contribution in [1.82, 2.24) is 10.6 Å². The highest BCUT2D eigenvalue weighted by atomic mass is 16.6. The molecule has 2 N–H and O–H groups in total. The topological polar surface area (TPSA) is 93.7 Å². The van der Waals surface area contributed by atoms with Crippen molar-refractivity contribution in [2.75, 3.05) is 7.11 Å². The van der Waals surface area contributed by atoms with Crippen molar-refractivity contribution in [1.29, 1.82) is 0 Å². The lowest BCUT2D eigenvalue weighted by atomic mass is 10.2. The van der Waals surface area contributed by atoms with Gasteiger partial charge in [-0.15, -0.1) is 0 Å². The summed E-state index contributed by atoms with van der Waals surface area (Å²) in [7, 11) is 1.21. The van der Waals surface area contributed by atoms with Crippen molar-refractivity contribution in [2.45, 2.75) is 46.3 Å². The molecule has 7 heteroatoms. The van der Waals surface area contributed by atoms with E-state index in [2.05, 4.69) is 15.4 Å². The van der Waals surface area contributed by atoms with Crippen LogP contribution in [0.4, 0.5) is 4.79 Å². The third kappa shape index (κ3) is 6.77. The minimum absolute atomic E-state index is 0.00957. The average Bonchev–Trinajstić information content (AvgIpc) is 2.31. The van der Waals surface area contributed by atoms with Gasteiger partial charge in [0.1, 0.15) is 17.3 Å². The van der Waals surface area contributed by atoms with Crippen LogP contribution in [0.15, 0.2) is 11.8 Å². The zero-order valence-corrected chi connectivity index (χ0v) is 12.7. The van der Waals surface area contributed by atoms with E-state index < -0.39 is 29.6 Å². The summed E-state index contributed by atoms with van der Waals surface area (Å²) in [6, 6.07) is -0.857. The van der Waals surface area contributed by atoms with E-state index >= 15 is 0 Å². The molecule has 0 aromatic heterocycles. The first-order chi connectivity index (χ1) is 9.10. The first-order valence-electron chi connectivity index (χ1n) is 6.15. The number of carbonyl (C=O) groups is 3. The molecule has 114 valence electrons. The normalized spacial score (nSPS) is 13.2. The molecule has 0 heterocycles. The number of ether oxygens (including phenoxy) is 2. The van der Waals surface area contributed by atoms with Crippen LogP contribution in [-0.2, 0) is 19.1 Å². The minimum atomic E-state index is -0.857. The summed E-state index contributed by atoms with van der Waals surface area (Å²) in [5.41, 5.74) is -0.642. The molecule has 0 aromatic rings. The Labute approximate surface area is 118 Å². The molecule has 0 bridgehead atoms. The van der Waals surface area contributed by atoms with Crippen LogP contribution in [-0.4, -0.2) is 36.7 Å². The lowest BCUT2D eigenvalue weighted by molar-refractivity contribution is -0.138. The number of nitrogens with one attached hydrogen (secondary N) is 2. The highest BCUT2D eigenvalue weighted by molar-refractivity contribution is 5.95. The molecular formula is C13H22N2O5. The van der Waals surface area contributed by atoms with E-state index in [1.54, 1.807) is 27.7 Å². The van der Waals surface area contributed by atoms with Gasteiger partial charge in [0.15, 0.2) is 0 Å². The Balaban J connectivity index is 4.49. The van der Waals surface area contributed by atoms with E-state index in [0.717, 1.165) is 0 Å². The quantitative estimate of drug-likeness (QED) is 0.596. The first kappa shape index (κ1) is 17.9. The Hall–Kier alpha value is -2.05. The van der Waals surface area contributed by atoms with Gasteiger partial charge in [-0.05, 0) is 34.6 Å². The molecule has 0 radical (unpaired) electrons. The van der Waals surface area contributed by atoms with Crippen LogP contribution < -0.4 is 10.6 Å². The van der Waals surface area contributed by atoms with Gasteiger partial charge in [-0.2, -0.15) is 0 Å². The monoisotopic (exact) mass is 286 g/mol. The van der Waals surface area contributed by atoms with E-state index in [9.17, 15) is 14.4 Å². The second kappa shape index (κ2) is 7.52. The molecule has 20 heavy (non-hydrogen) atoms. The maximum absolute atomic E-state index is 11.8. The summed E-state index contributed by atoms with van der Waals surface area (Å²) in [6.07, 6.45) is 0.699. The molecule has 0 aliphatic carbocycles. The summed E-state index contributed by atoms with van der Waals surface area (Å²) >= 11 is 0. The Morgan fingerprint density at radius 2 is 1.75 bits per heavy atom. The minimum Gasteiger partial charge on any atom is -0.464 e. The summed E-state index contributed by atoms with van der Waals surface area (Å²) in [5, 5.41) is 4.73. The number of methoxy groups -OCH3 is 1. The van der Waals surface area contributed by atoms with Crippen LogP contribution in [0.2, 0.25) is 0 Å². The predicted molar refractivity (Wildman–Crippen MR) is 72.7 cm³/mol. The molecule has 0 saturated carbocycles. The van der Waals surface area contributed by atoms with Crippen LogP contribution in [0.1, 0.15) is 34.6 Å². The Bertz CT molecular complexity index is 409. The van der Waals surface area contributed by atoms with Gasteiger partial charge in [-0.25, -0.2) is 9.59 Å². The first-order valence-corrected chi connectivity index (χ1v) is 6.15. The fourth-order valence-electron chi connectivity index (χ4n) is 1.14. The largest absolute Gasteiger partial charge is 0.464 e. The zero-order valence-electron chi connectivity index (χ0n) is 12.7. The number of esters is 1. The Kier molecular flexibility index (Phi) is 6.75. The third-order valence-electron chi connectivity index (χ3n) is 2.08. The van der Waals surface area contributed by atoms with Crippen LogP contribution >= 0.6 is 0 Å². The van der Waals surface area contributed by atoms with Crippen LogP contribution in [0.25, 0.3) is 0 Å². The SMILES string of the molecule is C/C=C(\NC(=O)[C@H](C)NC(=O)OC(C)(C)C)C(=O)OC. The van der Waals surface area contributed by atoms with Crippen molar-refractivity contribution in [3.05, 3.63) is 11.8 Å². The van der Waals surface area contributed by atoms with E-state index in [1.165, 1.54) is 20.1 Å². The van der Waals surface area contributed by atoms with Crippen LogP contribution in [0.5, 0.6) is 0 Å². The van der Waals surface area contributed by atoms with Crippen molar-refractivity contribution in [2.24, 2.45) is 0 Å². The number of hydrogen-bond donors (Lipinski definition) is 2. The number of hydrogen-bond acceptors (Lipinski definition) is 5. The molecule has 2 amide bonds. The van der Waals surface area contributed by atoms with Gasteiger partial charge in [0.05, 0.1) is 7.11 Å². The van der Waals surface area contributed by atoms with Crippen molar-refractivity contribution in [3.63, 3.8) is 0 Å². The summed E-state index contributed by atoms with van der Waals surface area (Å²) in [6.45, 7) is 8.20. The van der Waals surface area contributed by atoms with E-state index in [4.69, 9.17) is 4.74 Å². The molecule has 0 unspecified atom stereocenters. The van der Waals surface area contributed by atoms with Gasteiger partial charge in [0, 0.05) is 0 Å². The van der Waals surface area contributed by atoms with Crippen LogP contribution in [0.3, 0.4) is 0 Å². The number of carbonyl (C=O) groups excluding carboxylic acids is 3. The van der Waals surface area contributed by atoms with Gasteiger partial charge in [-0.1, -0.05) is 6.08 Å². The molecule has 0 rings (SSSR count). The number of alkyl carbamates (subject to hydrolysis) is 1. The van der Waals surface area contributed by atoms with Crippen molar-refractivity contribution < 1.29 is 23.9 Å². The lowest BCUT2D eigenvalue weighted by Crippen LogP contribution is -2.46. The molecule has 0 fully saturated rings. The van der Waals surface area contributed by atoms with E-state index in [-0.39, 0.29) is 5.70 Å². The molecule has 0 saturated heterocycles. The smallest absolute Gasteiger partial charge is 0.408 e. The number of amides is 2. The van der Waals surface area contributed by atoms with E-state index in [1.807, 2.05) is 0 Å². The molecule has 0 spiro atoms. The fraction of sp³-hybridized carbons (Fsp3) is 0.615. The molecule has 1 atom stereocenters. The summed E-state index contributed by atoms with van der Waals surface area (Å²) < 4.78 is 9.52. The molecule has 0 aliphatic heterocycles. The average molecular weight is 286 g/mol. The maximum atomic E-state index is 11.8. The molecule has 7 nitrogen and oxygen atoms in total. The van der Waals surface area contributed by atoms with Gasteiger partial charge in [0.2, 0.25) is 5.91 Å². The number of rotatable bonds is 4. The second-order valence-electron chi connectivity index (χ2n) is 5.05. The van der Waals surface area contributed by atoms with Crippen molar-refractivity contribution in [3.8, 4) is 0 Å². The highest BCUT2D eigenvalue weighted by Gasteiger charge is 2.22. The molecular weight excluding hydrogens is 264 g/mol. The summed E-state index contributed by atoms with van der Waals surface area (Å²) in [5.74, 6) is -1.21. The van der Waals surface area contributed by atoms with Gasteiger partial charge >= 0.3 is 12.1 Å². The molecule has 0 aliphatic rings. The van der Waals surface area contributed by atoms with Gasteiger partial charge in [-0.3, -0.25) is 4.79 Å². The fourth-order valence-corrected chi connectivity index (χ4v) is 1.14. The van der Waals surface area contributed by atoms with Gasteiger partial charge in [0.25, 0.3) is 0 Å². The standard InChI is InChI=1S/C13H22N2O5/c1-7-9(11(17)19-6)15-10(16)8(2)14-12(18)20-13(3,4)5/h7-8H,1-6H3,(H,14,18)(H,15,16)/b9-7-/t8-/m0/s1. The summed E-state index contributed by atoms with van der Waals surface area (Å²) in [4.78, 5) is 34.6. The number of allylic oxidation sites excluding steroid dienone is 1. The lowest BCUT2D eigenvalue weighted by Gasteiger charge is -2.21. The Morgan fingerprint density at radius 3 is 2.15 bits per heavy atom. The highest BCUT2D eigenvalue weighted by Crippen LogP contribution is 2.06. The molecule has 0 aromatic carbocycles.